The summed E-state index contributed by atoms with van der Waals surface area (Å²) in [6.07, 6.45) is 1.50. The Morgan fingerprint density at radius 3 is 1.76 bits per heavy atom. The van der Waals surface area contributed by atoms with E-state index < -0.39 is 0 Å². The molecule has 10 N–H and O–H groups in total. The summed E-state index contributed by atoms with van der Waals surface area (Å²) in [5.41, 5.74) is 27.1. The van der Waals surface area contributed by atoms with Crippen molar-refractivity contribution in [3.05, 3.63) is 72.3 Å². The summed E-state index contributed by atoms with van der Waals surface area (Å²) >= 11 is 0. The zero-order chi connectivity index (χ0) is 29.2. The van der Waals surface area contributed by atoms with Gasteiger partial charge in [-0.15, -0.1) is 0 Å². The lowest BCUT2D eigenvalue weighted by molar-refractivity contribution is 0.102. The number of hydrogen-bond donors (Lipinski definition) is 6. The molecule has 12 nitrogen and oxygen atoms in total. The zero-order valence-corrected chi connectivity index (χ0v) is 23.4. The molecule has 218 valence electrons. The molecule has 2 saturated heterocycles. The van der Waals surface area contributed by atoms with Crippen LogP contribution in [0.4, 0.5) is 29.2 Å². The van der Waals surface area contributed by atoms with Crippen molar-refractivity contribution < 1.29 is 4.79 Å². The molecule has 0 saturated carbocycles. The fourth-order valence-electron chi connectivity index (χ4n) is 5.68. The lowest BCUT2D eigenvalue weighted by Gasteiger charge is -2.37. The summed E-state index contributed by atoms with van der Waals surface area (Å²) in [5, 5.41) is 8.36. The van der Waals surface area contributed by atoms with Crippen LogP contribution >= 0.6 is 0 Å². The molecular formula is C30H37N11O. The number of rotatable bonds is 6. The first-order valence-electron chi connectivity index (χ1n) is 14.2. The summed E-state index contributed by atoms with van der Waals surface area (Å²) in [5.74, 6) is 1.20. The molecule has 12 heteroatoms. The van der Waals surface area contributed by atoms with Gasteiger partial charge in [0, 0.05) is 67.3 Å². The average Bonchev–Trinajstić information content (AvgIpc) is 2.97. The Kier molecular flexibility index (Phi) is 7.85. The largest absolute Gasteiger partial charge is 0.338 e. The molecule has 4 atom stereocenters. The van der Waals surface area contributed by atoms with Crippen molar-refractivity contribution in [1.82, 2.24) is 15.0 Å². The standard InChI is InChI=1S/C30H37N11O/c31-21-12-22(32)15-40(14-21)29-37-28(38-30(39-29)41-16-23(33)13-24(34)17-41)36-26-9-7-25(8-10-26)35-27(42)20-6-5-18-3-1-2-4-19(18)11-20/h1-11,21-24H,12-17,31-34H2,(H,35,42)(H,36,37,38,39)/t21-,22+,23-,24+. The third-order valence-electron chi connectivity index (χ3n) is 7.62. The van der Waals surface area contributed by atoms with E-state index in [1.807, 2.05) is 76.5 Å². The van der Waals surface area contributed by atoms with Crippen molar-refractivity contribution in [2.75, 3.05) is 46.6 Å². The zero-order valence-electron chi connectivity index (χ0n) is 23.4. The maximum Gasteiger partial charge on any atom is 0.255 e. The number of hydrogen-bond acceptors (Lipinski definition) is 11. The van der Waals surface area contributed by atoms with Crippen LogP contribution in [0.1, 0.15) is 23.2 Å². The number of nitrogens with one attached hydrogen (secondary N) is 2. The van der Waals surface area contributed by atoms with E-state index in [-0.39, 0.29) is 30.1 Å². The first kappa shape index (κ1) is 27.8. The van der Waals surface area contributed by atoms with E-state index >= 15 is 0 Å². The highest BCUT2D eigenvalue weighted by atomic mass is 16.1. The van der Waals surface area contributed by atoms with Gasteiger partial charge in [-0.05, 0) is 60.0 Å². The number of amides is 1. The van der Waals surface area contributed by atoms with Crippen LogP contribution < -0.4 is 43.4 Å². The first-order chi connectivity index (χ1) is 20.3. The van der Waals surface area contributed by atoms with Gasteiger partial charge in [0.2, 0.25) is 17.8 Å². The molecule has 0 radical (unpaired) electrons. The molecule has 6 rings (SSSR count). The van der Waals surface area contributed by atoms with E-state index in [1.54, 1.807) is 0 Å². The van der Waals surface area contributed by atoms with Crippen LogP contribution in [0.2, 0.25) is 0 Å². The highest BCUT2D eigenvalue weighted by Gasteiger charge is 2.28. The molecule has 0 unspecified atom stereocenters. The van der Waals surface area contributed by atoms with Crippen molar-refractivity contribution in [3.8, 4) is 0 Å². The first-order valence-corrected chi connectivity index (χ1v) is 14.2. The van der Waals surface area contributed by atoms with Gasteiger partial charge in [0.1, 0.15) is 0 Å². The second-order valence-corrected chi connectivity index (χ2v) is 11.3. The third-order valence-corrected chi connectivity index (χ3v) is 7.62. The molecule has 2 fully saturated rings. The number of nitrogens with two attached hydrogens (primary N) is 4. The predicted octanol–water partition coefficient (Wildman–Crippen LogP) is 1.75. The van der Waals surface area contributed by atoms with E-state index in [0.29, 0.717) is 55.3 Å². The second-order valence-electron chi connectivity index (χ2n) is 11.3. The van der Waals surface area contributed by atoms with Gasteiger partial charge in [-0.3, -0.25) is 4.79 Å². The maximum absolute atomic E-state index is 12.9. The minimum atomic E-state index is -0.177. The lowest BCUT2D eigenvalue weighted by atomic mass is 10.0. The number of benzene rings is 3. The number of piperidine rings is 2. The lowest BCUT2D eigenvalue weighted by Crippen LogP contribution is -2.54. The molecule has 0 bridgehead atoms. The Morgan fingerprint density at radius 1 is 0.667 bits per heavy atom. The van der Waals surface area contributed by atoms with Gasteiger partial charge < -0.3 is 43.4 Å². The van der Waals surface area contributed by atoms with Crippen LogP contribution in [0, 0.1) is 0 Å². The molecule has 1 amide bonds. The summed E-state index contributed by atoms with van der Waals surface area (Å²) in [4.78, 5) is 31.1. The summed E-state index contributed by atoms with van der Waals surface area (Å²) in [6.45, 7) is 2.39. The molecule has 2 aliphatic rings. The molecule has 3 aromatic carbocycles. The molecule has 4 aromatic rings. The molecular weight excluding hydrogens is 530 g/mol. The molecule has 2 aliphatic heterocycles. The molecule has 42 heavy (non-hydrogen) atoms. The average molecular weight is 568 g/mol. The Morgan fingerprint density at radius 2 is 1.19 bits per heavy atom. The van der Waals surface area contributed by atoms with Crippen molar-refractivity contribution in [2.24, 2.45) is 22.9 Å². The quantitative estimate of drug-likeness (QED) is 0.199. The van der Waals surface area contributed by atoms with Crippen LogP contribution in [-0.2, 0) is 0 Å². The molecule has 1 aromatic heterocycles. The minimum Gasteiger partial charge on any atom is -0.338 e. The SMILES string of the molecule is N[C@@H]1C[C@H](N)CN(c2nc(Nc3ccc(NC(=O)c4ccc5ccccc5c4)cc3)nc(N3C[C@H](N)C[C@H](N)C3)n2)C1. The monoisotopic (exact) mass is 567 g/mol. The summed E-state index contributed by atoms with van der Waals surface area (Å²) in [6, 6.07) is 20.7. The fraction of sp³-hybridized carbons (Fsp3) is 0.333. The van der Waals surface area contributed by atoms with Gasteiger partial charge in [-0.2, -0.15) is 15.0 Å². The van der Waals surface area contributed by atoms with Crippen molar-refractivity contribution in [3.63, 3.8) is 0 Å². The number of carbonyl (C=O) groups excluding carboxylic acids is 1. The Balaban J connectivity index is 1.21. The van der Waals surface area contributed by atoms with Gasteiger partial charge in [0.05, 0.1) is 0 Å². The Bertz CT molecular complexity index is 1500. The Labute approximate surface area is 244 Å². The number of aromatic nitrogens is 3. The van der Waals surface area contributed by atoms with Gasteiger partial charge >= 0.3 is 0 Å². The smallest absolute Gasteiger partial charge is 0.255 e. The van der Waals surface area contributed by atoms with Crippen LogP contribution in [0.25, 0.3) is 10.8 Å². The number of fused-ring (bicyclic) bond motifs is 1. The third kappa shape index (κ3) is 6.42. The normalized spacial score (nSPS) is 22.7. The van der Waals surface area contributed by atoms with Crippen molar-refractivity contribution in [2.45, 2.75) is 37.0 Å². The van der Waals surface area contributed by atoms with E-state index in [9.17, 15) is 4.79 Å². The van der Waals surface area contributed by atoms with Gasteiger partial charge in [0.15, 0.2) is 0 Å². The van der Waals surface area contributed by atoms with Gasteiger partial charge in [-0.25, -0.2) is 0 Å². The van der Waals surface area contributed by atoms with E-state index in [0.717, 1.165) is 29.3 Å². The van der Waals surface area contributed by atoms with Crippen molar-refractivity contribution in [1.29, 1.82) is 0 Å². The minimum absolute atomic E-state index is 0.0698. The summed E-state index contributed by atoms with van der Waals surface area (Å²) in [7, 11) is 0. The highest BCUT2D eigenvalue weighted by molar-refractivity contribution is 6.06. The maximum atomic E-state index is 12.9. The molecule has 0 spiro atoms. The topological polar surface area (TPSA) is 190 Å². The second kappa shape index (κ2) is 11.9. The van der Waals surface area contributed by atoms with Crippen LogP contribution in [0.5, 0.6) is 0 Å². The van der Waals surface area contributed by atoms with E-state index in [4.69, 9.17) is 37.9 Å². The highest BCUT2D eigenvalue weighted by Crippen LogP contribution is 2.25. The number of carbonyl (C=O) groups is 1. The van der Waals surface area contributed by atoms with E-state index in [2.05, 4.69) is 10.6 Å². The molecule has 3 heterocycles. The van der Waals surface area contributed by atoms with Crippen LogP contribution in [-0.4, -0.2) is 71.2 Å². The van der Waals surface area contributed by atoms with E-state index in [1.165, 1.54) is 0 Å². The number of nitrogens with zero attached hydrogens (tertiary/aromatic N) is 5. The predicted molar refractivity (Wildman–Crippen MR) is 167 cm³/mol. The molecule has 0 aliphatic carbocycles. The van der Waals surface area contributed by atoms with Crippen LogP contribution in [0.15, 0.2) is 66.7 Å². The fourth-order valence-corrected chi connectivity index (χ4v) is 5.68. The van der Waals surface area contributed by atoms with Gasteiger partial charge in [0.25, 0.3) is 5.91 Å². The van der Waals surface area contributed by atoms with Crippen molar-refractivity contribution >= 4 is 45.9 Å². The Hall–Kier alpha value is -4.36. The number of anilines is 5. The van der Waals surface area contributed by atoms with Gasteiger partial charge in [-0.1, -0.05) is 30.3 Å². The summed E-state index contributed by atoms with van der Waals surface area (Å²) < 4.78 is 0. The van der Waals surface area contributed by atoms with Crippen LogP contribution in [0.3, 0.4) is 0 Å².